The van der Waals surface area contributed by atoms with Crippen molar-refractivity contribution in [1.82, 2.24) is 14.9 Å². The maximum atomic E-state index is 12.5. The van der Waals surface area contributed by atoms with Crippen LogP contribution in [-0.4, -0.2) is 41.1 Å². The Morgan fingerprint density at radius 1 is 1.21 bits per heavy atom. The molecule has 1 aromatic heterocycles. The Labute approximate surface area is 167 Å². The lowest BCUT2D eigenvalue weighted by Gasteiger charge is -2.11. The van der Waals surface area contributed by atoms with Gasteiger partial charge in [-0.15, -0.1) is 0 Å². The molecule has 0 atom stereocenters. The number of para-hydroxylation sites is 2. The fraction of sp³-hybridized carbons (Fsp3) is 0.300. The van der Waals surface area contributed by atoms with Crippen molar-refractivity contribution >= 4 is 22.6 Å². The van der Waals surface area contributed by atoms with Crippen LogP contribution in [0, 0.1) is 17.0 Å². The number of rotatable bonds is 8. The van der Waals surface area contributed by atoms with Crippen molar-refractivity contribution in [3.63, 3.8) is 0 Å². The standard InChI is InChI=1S/C20H22N4O5/c1-13-22-15-7-4-5-8-16(15)23(13)10-6-9-21-20(25)14-11-18(28-2)19(29-3)12-17(14)24(26)27/h4-5,7-8,11-12H,6,9-10H2,1-3H3,(H,21,25). The van der Waals surface area contributed by atoms with Crippen molar-refractivity contribution in [3.05, 3.63) is 57.9 Å². The number of carbonyl (C=O) groups excluding carboxylic acids is 1. The van der Waals surface area contributed by atoms with Crippen LogP contribution in [0.25, 0.3) is 11.0 Å². The van der Waals surface area contributed by atoms with E-state index in [4.69, 9.17) is 9.47 Å². The van der Waals surface area contributed by atoms with E-state index in [1.54, 1.807) is 0 Å². The van der Waals surface area contributed by atoms with Gasteiger partial charge in [-0.1, -0.05) is 12.1 Å². The molecule has 29 heavy (non-hydrogen) atoms. The van der Waals surface area contributed by atoms with Gasteiger partial charge in [0.1, 0.15) is 11.4 Å². The zero-order valence-corrected chi connectivity index (χ0v) is 16.5. The Morgan fingerprint density at radius 2 is 1.90 bits per heavy atom. The quantitative estimate of drug-likeness (QED) is 0.355. The molecule has 0 radical (unpaired) electrons. The fourth-order valence-electron chi connectivity index (χ4n) is 3.21. The summed E-state index contributed by atoms with van der Waals surface area (Å²) < 4.78 is 12.3. The highest BCUT2D eigenvalue weighted by Crippen LogP contribution is 2.34. The van der Waals surface area contributed by atoms with Crippen LogP contribution >= 0.6 is 0 Å². The second kappa shape index (κ2) is 8.59. The van der Waals surface area contributed by atoms with Gasteiger partial charge < -0.3 is 19.4 Å². The number of amides is 1. The van der Waals surface area contributed by atoms with Crippen LogP contribution in [0.3, 0.4) is 0 Å². The number of nitro benzene ring substituents is 1. The minimum Gasteiger partial charge on any atom is -0.493 e. The largest absolute Gasteiger partial charge is 0.493 e. The molecule has 2 aromatic carbocycles. The monoisotopic (exact) mass is 398 g/mol. The molecule has 0 bridgehead atoms. The molecule has 0 aliphatic heterocycles. The maximum Gasteiger partial charge on any atom is 0.286 e. The third kappa shape index (κ3) is 4.13. The van der Waals surface area contributed by atoms with Crippen LogP contribution in [0.5, 0.6) is 11.5 Å². The minimum atomic E-state index is -0.613. The number of benzene rings is 2. The summed E-state index contributed by atoms with van der Waals surface area (Å²) in [6.07, 6.45) is 0.647. The van der Waals surface area contributed by atoms with Crippen LogP contribution in [0.4, 0.5) is 5.69 Å². The molecule has 1 amide bonds. The van der Waals surface area contributed by atoms with E-state index in [-0.39, 0.29) is 22.7 Å². The zero-order valence-electron chi connectivity index (χ0n) is 16.5. The molecule has 0 unspecified atom stereocenters. The van der Waals surface area contributed by atoms with E-state index in [1.807, 2.05) is 31.2 Å². The van der Waals surface area contributed by atoms with Gasteiger partial charge in [-0.25, -0.2) is 4.98 Å². The molecule has 0 saturated heterocycles. The van der Waals surface area contributed by atoms with Gasteiger partial charge in [0.25, 0.3) is 11.6 Å². The van der Waals surface area contributed by atoms with Crippen LogP contribution in [0.15, 0.2) is 36.4 Å². The number of nitro groups is 1. The lowest BCUT2D eigenvalue weighted by molar-refractivity contribution is -0.385. The van der Waals surface area contributed by atoms with Gasteiger partial charge >= 0.3 is 0 Å². The Bertz CT molecular complexity index is 1060. The lowest BCUT2D eigenvalue weighted by Crippen LogP contribution is -2.26. The summed E-state index contributed by atoms with van der Waals surface area (Å²) in [4.78, 5) is 27.8. The summed E-state index contributed by atoms with van der Waals surface area (Å²) in [5.41, 5.74) is 1.55. The van der Waals surface area contributed by atoms with Crippen molar-refractivity contribution in [2.45, 2.75) is 19.9 Å². The number of ether oxygens (including phenoxy) is 2. The molecule has 0 aliphatic rings. The average Bonchev–Trinajstić information content (AvgIpc) is 3.04. The number of fused-ring (bicyclic) bond motifs is 1. The Hall–Kier alpha value is -3.62. The van der Waals surface area contributed by atoms with Gasteiger partial charge in [-0.2, -0.15) is 0 Å². The van der Waals surface area contributed by atoms with E-state index in [0.717, 1.165) is 16.9 Å². The first-order valence-electron chi connectivity index (χ1n) is 9.06. The Kier molecular flexibility index (Phi) is 5.96. The molecule has 0 saturated carbocycles. The van der Waals surface area contributed by atoms with E-state index >= 15 is 0 Å². The van der Waals surface area contributed by atoms with Crippen LogP contribution in [0.2, 0.25) is 0 Å². The van der Waals surface area contributed by atoms with Crippen molar-refractivity contribution < 1.29 is 19.2 Å². The van der Waals surface area contributed by atoms with E-state index < -0.39 is 10.8 Å². The molecule has 0 spiro atoms. The fourth-order valence-corrected chi connectivity index (χ4v) is 3.21. The number of aromatic nitrogens is 2. The summed E-state index contributed by atoms with van der Waals surface area (Å²) in [5.74, 6) is 0.805. The third-order valence-electron chi connectivity index (χ3n) is 4.63. The molecule has 0 aliphatic carbocycles. The number of nitrogens with one attached hydrogen (secondary N) is 1. The third-order valence-corrected chi connectivity index (χ3v) is 4.63. The van der Waals surface area contributed by atoms with E-state index in [9.17, 15) is 14.9 Å². The van der Waals surface area contributed by atoms with Gasteiger partial charge in [0.15, 0.2) is 11.5 Å². The SMILES string of the molecule is COc1cc(C(=O)NCCCn2c(C)nc3ccccc32)c([N+](=O)[O-])cc1OC. The number of nitrogens with zero attached hydrogens (tertiary/aromatic N) is 3. The highest BCUT2D eigenvalue weighted by Gasteiger charge is 2.24. The van der Waals surface area contributed by atoms with E-state index in [1.165, 1.54) is 26.4 Å². The first-order valence-corrected chi connectivity index (χ1v) is 9.06. The number of aryl methyl sites for hydroxylation is 2. The maximum absolute atomic E-state index is 12.5. The smallest absolute Gasteiger partial charge is 0.286 e. The molecule has 1 heterocycles. The van der Waals surface area contributed by atoms with Crippen molar-refractivity contribution in [2.75, 3.05) is 20.8 Å². The second-order valence-electron chi connectivity index (χ2n) is 6.39. The summed E-state index contributed by atoms with van der Waals surface area (Å²) in [6.45, 7) is 2.96. The first kappa shape index (κ1) is 20.1. The molecule has 9 nitrogen and oxygen atoms in total. The molecule has 9 heteroatoms. The molecule has 1 N–H and O–H groups in total. The number of hydrogen-bond donors (Lipinski definition) is 1. The molecule has 152 valence electrons. The first-order chi connectivity index (χ1) is 14.0. The molecule has 3 rings (SSSR count). The Morgan fingerprint density at radius 3 is 2.59 bits per heavy atom. The number of hydrogen-bond acceptors (Lipinski definition) is 6. The molecule has 0 fully saturated rings. The highest BCUT2D eigenvalue weighted by molar-refractivity contribution is 5.99. The topological polar surface area (TPSA) is 109 Å². The normalized spacial score (nSPS) is 10.7. The van der Waals surface area contributed by atoms with E-state index in [0.29, 0.717) is 19.5 Å². The van der Waals surface area contributed by atoms with Crippen LogP contribution in [0.1, 0.15) is 22.6 Å². The summed E-state index contributed by atoms with van der Waals surface area (Å²) in [5, 5.41) is 14.1. The molecule has 3 aromatic rings. The van der Waals surface area contributed by atoms with Crippen LogP contribution < -0.4 is 14.8 Å². The minimum absolute atomic E-state index is 0.0723. The van der Waals surface area contributed by atoms with Crippen LogP contribution in [-0.2, 0) is 6.54 Å². The second-order valence-corrected chi connectivity index (χ2v) is 6.39. The Balaban J connectivity index is 1.69. The molecular weight excluding hydrogens is 376 g/mol. The van der Waals surface area contributed by atoms with Crippen molar-refractivity contribution in [3.8, 4) is 11.5 Å². The summed E-state index contributed by atoms with van der Waals surface area (Å²) in [6, 6.07) is 10.4. The van der Waals surface area contributed by atoms with Gasteiger partial charge in [0, 0.05) is 19.2 Å². The highest BCUT2D eigenvalue weighted by atomic mass is 16.6. The van der Waals surface area contributed by atoms with E-state index in [2.05, 4.69) is 14.9 Å². The van der Waals surface area contributed by atoms with Crippen molar-refractivity contribution in [2.24, 2.45) is 0 Å². The van der Waals surface area contributed by atoms with Crippen molar-refractivity contribution in [1.29, 1.82) is 0 Å². The predicted octanol–water partition coefficient (Wildman–Crippen LogP) is 3.09. The number of methoxy groups -OCH3 is 2. The average molecular weight is 398 g/mol. The summed E-state index contributed by atoms with van der Waals surface area (Å²) in [7, 11) is 2.78. The number of carbonyl (C=O) groups is 1. The summed E-state index contributed by atoms with van der Waals surface area (Å²) >= 11 is 0. The predicted molar refractivity (Wildman–Crippen MR) is 108 cm³/mol. The van der Waals surface area contributed by atoms with Gasteiger partial charge in [0.05, 0.1) is 36.2 Å². The lowest BCUT2D eigenvalue weighted by atomic mass is 10.1. The zero-order chi connectivity index (χ0) is 21.0. The van der Waals surface area contributed by atoms with Gasteiger partial charge in [0.2, 0.25) is 0 Å². The van der Waals surface area contributed by atoms with Gasteiger partial charge in [-0.05, 0) is 25.5 Å². The van der Waals surface area contributed by atoms with Gasteiger partial charge in [-0.3, -0.25) is 14.9 Å². The number of imidazole rings is 1. The molecular formula is C20H22N4O5.